The first-order chi connectivity index (χ1) is 11.7. The zero-order valence-electron chi connectivity index (χ0n) is 13.6. The fourth-order valence-electron chi connectivity index (χ4n) is 3.58. The normalized spacial score (nSPS) is 22.8. The molecule has 2 aromatic rings. The number of nitrogens with zero attached hydrogens (tertiary/aromatic N) is 1. The molecule has 0 saturated carbocycles. The Hall–Kier alpha value is -2.24. The lowest BCUT2D eigenvalue weighted by atomic mass is 10.0. The van der Waals surface area contributed by atoms with Crippen LogP contribution in [0, 0.1) is 0 Å². The lowest BCUT2D eigenvalue weighted by molar-refractivity contribution is 0.165. The zero-order valence-corrected chi connectivity index (χ0v) is 13.6. The lowest BCUT2D eigenvalue weighted by Crippen LogP contribution is -2.24. The van der Waals surface area contributed by atoms with Crippen LogP contribution in [0.5, 0.6) is 17.2 Å². The third-order valence-corrected chi connectivity index (χ3v) is 4.71. The minimum atomic E-state index is -0.324. The Morgan fingerprint density at radius 2 is 2.08 bits per heavy atom. The van der Waals surface area contributed by atoms with E-state index in [0.717, 1.165) is 34.8 Å². The summed E-state index contributed by atoms with van der Waals surface area (Å²) in [6, 6.07) is 14.2. The van der Waals surface area contributed by atoms with Crippen LogP contribution in [0.15, 0.2) is 42.5 Å². The quantitative estimate of drug-likeness (QED) is 0.936. The van der Waals surface area contributed by atoms with Gasteiger partial charge in [-0.3, -0.25) is 4.90 Å². The maximum absolute atomic E-state index is 10.2. The van der Waals surface area contributed by atoms with E-state index in [9.17, 15) is 5.11 Å². The first-order valence-electron chi connectivity index (χ1n) is 8.18. The van der Waals surface area contributed by atoms with E-state index in [1.807, 2.05) is 30.3 Å². The monoisotopic (exact) mass is 327 g/mol. The number of para-hydroxylation sites is 1. The van der Waals surface area contributed by atoms with E-state index in [2.05, 4.69) is 17.0 Å². The largest absolute Gasteiger partial charge is 0.497 e. The Morgan fingerprint density at radius 3 is 2.96 bits per heavy atom. The number of hydrogen-bond donors (Lipinski definition) is 1. The van der Waals surface area contributed by atoms with Crippen molar-refractivity contribution in [3.05, 3.63) is 53.6 Å². The van der Waals surface area contributed by atoms with E-state index >= 15 is 0 Å². The Bertz CT molecular complexity index is 733. The van der Waals surface area contributed by atoms with Gasteiger partial charge in [0.15, 0.2) is 11.5 Å². The highest BCUT2D eigenvalue weighted by atomic mass is 16.7. The van der Waals surface area contributed by atoms with Crippen LogP contribution in [0.4, 0.5) is 0 Å². The van der Waals surface area contributed by atoms with E-state index in [4.69, 9.17) is 14.2 Å². The fraction of sp³-hybridized carbons (Fsp3) is 0.368. The third-order valence-electron chi connectivity index (χ3n) is 4.71. The minimum absolute atomic E-state index is 0.160. The van der Waals surface area contributed by atoms with Crippen molar-refractivity contribution in [2.45, 2.75) is 25.1 Å². The number of methoxy groups -OCH3 is 1. The number of fused-ring (bicyclic) bond motifs is 1. The SMILES string of the molecule is COc1cccc([C@H]2C[C@@H](O)CN2Cc2cccc3c2OCO3)c1. The molecule has 0 unspecified atom stereocenters. The summed E-state index contributed by atoms with van der Waals surface area (Å²) in [6.45, 7) is 1.63. The second-order valence-corrected chi connectivity index (χ2v) is 6.26. The smallest absolute Gasteiger partial charge is 0.231 e. The molecule has 0 amide bonds. The number of likely N-dealkylation sites (tertiary alicyclic amines) is 1. The first-order valence-corrected chi connectivity index (χ1v) is 8.18. The number of aliphatic hydroxyl groups is 1. The van der Waals surface area contributed by atoms with Crippen molar-refractivity contribution in [3.63, 3.8) is 0 Å². The first kappa shape index (κ1) is 15.3. The van der Waals surface area contributed by atoms with Crippen LogP contribution in [0.25, 0.3) is 0 Å². The van der Waals surface area contributed by atoms with E-state index in [0.29, 0.717) is 13.1 Å². The van der Waals surface area contributed by atoms with Crippen molar-refractivity contribution in [2.75, 3.05) is 20.4 Å². The minimum Gasteiger partial charge on any atom is -0.497 e. The molecule has 5 nitrogen and oxygen atoms in total. The Morgan fingerprint density at radius 1 is 1.21 bits per heavy atom. The van der Waals surface area contributed by atoms with E-state index in [-0.39, 0.29) is 18.9 Å². The number of β-amino-alcohol motifs (C(OH)–C–C–N with tert-alkyl or cyclic N) is 1. The number of ether oxygens (including phenoxy) is 3. The van der Waals surface area contributed by atoms with E-state index < -0.39 is 0 Å². The van der Waals surface area contributed by atoms with Gasteiger partial charge in [0.25, 0.3) is 0 Å². The van der Waals surface area contributed by atoms with E-state index in [1.165, 1.54) is 0 Å². The molecule has 2 aromatic carbocycles. The average molecular weight is 327 g/mol. The summed E-state index contributed by atoms with van der Waals surface area (Å²) in [5.74, 6) is 2.46. The molecular weight excluding hydrogens is 306 g/mol. The Balaban J connectivity index is 1.60. The molecule has 24 heavy (non-hydrogen) atoms. The molecule has 4 rings (SSSR count). The summed E-state index contributed by atoms with van der Waals surface area (Å²) in [4.78, 5) is 2.29. The maximum atomic E-state index is 10.2. The molecule has 2 atom stereocenters. The highest BCUT2D eigenvalue weighted by Gasteiger charge is 2.33. The number of aliphatic hydroxyl groups excluding tert-OH is 1. The Labute approximate surface area is 141 Å². The predicted octanol–water partition coefficient (Wildman–Crippen LogP) is 2.73. The molecule has 0 radical (unpaired) electrons. The predicted molar refractivity (Wildman–Crippen MR) is 89.3 cm³/mol. The molecule has 1 saturated heterocycles. The number of benzene rings is 2. The van der Waals surface area contributed by atoms with E-state index in [1.54, 1.807) is 7.11 Å². The van der Waals surface area contributed by atoms with Gasteiger partial charge in [-0.1, -0.05) is 24.3 Å². The van der Waals surface area contributed by atoms with Crippen LogP contribution in [0.2, 0.25) is 0 Å². The Kier molecular flexibility index (Phi) is 4.04. The summed E-state index contributed by atoms with van der Waals surface area (Å²) >= 11 is 0. The molecule has 0 bridgehead atoms. The molecule has 0 aliphatic carbocycles. The molecule has 2 heterocycles. The molecule has 0 spiro atoms. The summed E-state index contributed by atoms with van der Waals surface area (Å²) in [7, 11) is 1.67. The van der Waals surface area contributed by atoms with Crippen molar-refractivity contribution in [3.8, 4) is 17.2 Å². The van der Waals surface area contributed by atoms with Crippen molar-refractivity contribution in [1.82, 2.24) is 4.90 Å². The lowest BCUT2D eigenvalue weighted by Gasteiger charge is -2.25. The van der Waals surface area contributed by atoms with Crippen LogP contribution in [0.3, 0.4) is 0 Å². The molecule has 5 heteroatoms. The highest BCUT2D eigenvalue weighted by Crippen LogP contribution is 2.39. The number of hydrogen-bond acceptors (Lipinski definition) is 5. The van der Waals surface area contributed by atoms with Crippen LogP contribution < -0.4 is 14.2 Å². The van der Waals surface area contributed by atoms with Gasteiger partial charge in [-0.25, -0.2) is 0 Å². The van der Waals surface area contributed by atoms with Gasteiger partial charge in [0, 0.05) is 24.7 Å². The van der Waals surface area contributed by atoms with Gasteiger partial charge in [0.1, 0.15) is 5.75 Å². The molecule has 1 N–H and O–H groups in total. The fourth-order valence-corrected chi connectivity index (χ4v) is 3.58. The van der Waals surface area contributed by atoms with Crippen molar-refractivity contribution < 1.29 is 19.3 Å². The average Bonchev–Trinajstić information content (AvgIpc) is 3.22. The summed E-state index contributed by atoms with van der Waals surface area (Å²) in [6.07, 6.45) is 0.398. The second kappa shape index (κ2) is 6.34. The second-order valence-electron chi connectivity index (χ2n) is 6.26. The van der Waals surface area contributed by atoms with Gasteiger partial charge in [-0.05, 0) is 30.2 Å². The summed E-state index contributed by atoms with van der Waals surface area (Å²) in [5.41, 5.74) is 2.25. The van der Waals surface area contributed by atoms with Gasteiger partial charge in [0.2, 0.25) is 6.79 Å². The molecule has 2 aliphatic rings. The molecule has 126 valence electrons. The van der Waals surface area contributed by atoms with Gasteiger partial charge in [-0.15, -0.1) is 0 Å². The summed E-state index contributed by atoms with van der Waals surface area (Å²) in [5, 5.41) is 10.2. The van der Waals surface area contributed by atoms with Crippen LogP contribution in [0.1, 0.15) is 23.6 Å². The van der Waals surface area contributed by atoms with Crippen molar-refractivity contribution >= 4 is 0 Å². The molecule has 1 fully saturated rings. The third kappa shape index (κ3) is 2.81. The molecular formula is C19H21NO4. The van der Waals surface area contributed by atoms with Gasteiger partial charge in [0.05, 0.1) is 13.2 Å². The van der Waals surface area contributed by atoms with Gasteiger partial charge < -0.3 is 19.3 Å². The van der Waals surface area contributed by atoms with Gasteiger partial charge in [-0.2, -0.15) is 0 Å². The van der Waals surface area contributed by atoms with Crippen LogP contribution in [-0.4, -0.2) is 36.6 Å². The molecule has 0 aromatic heterocycles. The van der Waals surface area contributed by atoms with Crippen molar-refractivity contribution in [1.29, 1.82) is 0 Å². The topological polar surface area (TPSA) is 51.2 Å². The highest BCUT2D eigenvalue weighted by molar-refractivity contribution is 5.48. The van der Waals surface area contributed by atoms with Crippen molar-refractivity contribution in [2.24, 2.45) is 0 Å². The standard InChI is InChI=1S/C19H21NO4/c1-22-16-6-2-4-13(8-16)17-9-15(21)11-20(17)10-14-5-3-7-18-19(14)24-12-23-18/h2-8,15,17,21H,9-12H2,1H3/t15-,17-/m1/s1. The van der Waals surface area contributed by atoms with Crippen LogP contribution >= 0.6 is 0 Å². The number of rotatable bonds is 4. The molecule has 2 aliphatic heterocycles. The zero-order chi connectivity index (χ0) is 16.5. The van der Waals surface area contributed by atoms with Gasteiger partial charge >= 0.3 is 0 Å². The summed E-state index contributed by atoms with van der Waals surface area (Å²) < 4.78 is 16.4. The van der Waals surface area contributed by atoms with Crippen LogP contribution in [-0.2, 0) is 6.54 Å². The maximum Gasteiger partial charge on any atom is 0.231 e.